The molecule has 2 heterocycles. The summed E-state index contributed by atoms with van der Waals surface area (Å²) in [6.45, 7) is 8.56. The summed E-state index contributed by atoms with van der Waals surface area (Å²) < 4.78 is 19.3. The van der Waals surface area contributed by atoms with Crippen molar-refractivity contribution in [3.63, 3.8) is 0 Å². The third kappa shape index (κ3) is 8.04. The molecule has 1 fully saturated rings. The van der Waals surface area contributed by atoms with Gasteiger partial charge < -0.3 is 24.9 Å². The average Bonchev–Trinajstić information content (AvgIpc) is 3.68. The molecule has 3 amide bonds. The lowest BCUT2D eigenvalue weighted by atomic mass is 9.85. The predicted molar refractivity (Wildman–Crippen MR) is 160 cm³/mol. The number of hydrogen-bond acceptors (Lipinski definition) is 7. The van der Waals surface area contributed by atoms with E-state index in [9.17, 15) is 18.8 Å². The number of aromatic nitrogens is 2. The van der Waals surface area contributed by atoms with Crippen LogP contribution in [0.3, 0.4) is 0 Å². The van der Waals surface area contributed by atoms with E-state index in [-0.39, 0.29) is 42.0 Å². The Morgan fingerprint density at radius 3 is 2.44 bits per heavy atom. The summed E-state index contributed by atoms with van der Waals surface area (Å²) in [4.78, 5) is 43.9. The van der Waals surface area contributed by atoms with E-state index in [1.807, 2.05) is 51.1 Å². The number of likely N-dealkylation sites (N-methyl/N-ethyl adjacent to an activating group) is 1. The number of hydrogen-bond donors (Lipinski definition) is 2. The van der Waals surface area contributed by atoms with Crippen LogP contribution in [0.4, 0.5) is 4.39 Å². The van der Waals surface area contributed by atoms with Gasteiger partial charge in [-0.25, -0.2) is 4.39 Å². The van der Waals surface area contributed by atoms with Gasteiger partial charge in [0, 0.05) is 31.2 Å². The van der Waals surface area contributed by atoms with Crippen LogP contribution >= 0.6 is 0 Å². The molecule has 1 saturated heterocycles. The van der Waals surface area contributed by atoms with Crippen LogP contribution in [0, 0.1) is 11.2 Å². The van der Waals surface area contributed by atoms with Gasteiger partial charge in [-0.2, -0.15) is 0 Å². The molecule has 4 rings (SSSR count). The van der Waals surface area contributed by atoms with Gasteiger partial charge >= 0.3 is 11.8 Å². The molecule has 0 aliphatic carbocycles. The molecule has 2 N–H and O–H groups in total. The fourth-order valence-corrected chi connectivity index (χ4v) is 5.12. The zero-order chi connectivity index (χ0) is 31.1. The fraction of sp³-hybridized carbons (Fsp3) is 0.469. The third-order valence-electron chi connectivity index (χ3n) is 7.82. The Morgan fingerprint density at radius 2 is 1.79 bits per heavy atom. The Bertz CT molecular complexity index is 1390. The smallest absolute Gasteiger partial charge is 0.311 e. The van der Waals surface area contributed by atoms with Crippen LogP contribution in [0.15, 0.2) is 59.0 Å². The molecule has 43 heavy (non-hydrogen) atoms. The molecule has 0 spiro atoms. The summed E-state index contributed by atoms with van der Waals surface area (Å²) in [5, 5.41) is 14.0. The van der Waals surface area contributed by atoms with Crippen LogP contribution in [0.1, 0.15) is 56.8 Å². The standard InChI is InChI=1S/C32H41FN6O4/c1-21(34-5)27(40)35-26(32(2,3)4)30(41)39-18-9-12-25(39)20-38(19-17-22-13-15-24(33)16-14-22)31(42)29-37-36-28(43-29)23-10-7-6-8-11-23/h6-8,10-11,13-16,21,25-26,34H,9,12,17-20H2,1-5H3,(H,35,40)/t21-,25-,26+/m0/s1. The van der Waals surface area contributed by atoms with Crippen LogP contribution < -0.4 is 10.6 Å². The molecule has 1 aromatic heterocycles. The molecule has 0 saturated carbocycles. The first-order chi connectivity index (χ1) is 20.5. The van der Waals surface area contributed by atoms with Crippen LogP contribution in [-0.2, 0) is 16.0 Å². The SMILES string of the molecule is CN[C@@H](C)C(=O)N[C@H](C(=O)N1CCC[C@H]1CN(CCc1ccc(F)cc1)C(=O)c1nnc(-c2ccccc2)o1)C(C)(C)C. The third-order valence-corrected chi connectivity index (χ3v) is 7.82. The number of nitrogens with zero attached hydrogens (tertiary/aromatic N) is 4. The summed E-state index contributed by atoms with van der Waals surface area (Å²) in [6.07, 6.45) is 1.94. The molecule has 0 bridgehead atoms. The Morgan fingerprint density at radius 1 is 1.09 bits per heavy atom. The monoisotopic (exact) mass is 592 g/mol. The zero-order valence-corrected chi connectivity index (χ0v) is 25.5. The van der Waals surface area contributed by atoms with Crippen molar-refractivity contribution < 1.29 is 23.2 Å². The molecule has 10 nitrogen and oxygen atoms in total. The highest BCUT2D eigenvalue weighted by atomic mass is 19.1. The molecular formula is C32H41FN6O4. The second-order valence-electron chi connectivity index (χ2n) is 12.1. The Kier molecular flexibility index (Phi) is 10.3. The molecule has 0 radical (unpaired) electrons. The van der Waals surface area contributed by atoms with E-state index < -0.39 is 23.4 Å². The van der Waals surface area contributed by atoms with Crippen molar-refractivity contribution >= 4 is 17.7 Å². The normalized spacial score (nSPS) is 16.5. The Labute approximate surface area is 252 Å². The summed E-state index contributed by atoms with van der Waals surface area (Å²) in [5.41, 5.74) is 1.02. The van der Waals surface area contributed by atoms with Gasteiger partial charge in [0.05, 0.1) is 6.04 Å². The number of halogens is 1. The lowest BCUT2D eigenvalue weighted by Crippen LogP contribution is -2.59. The molecule has 0 unspecified atom stereocenters. The van der Waals surface area contributed by atoms with Gasteiger partial charge in [-0.3, -0.25) is 14.4 Å². The first kappa shape index (κ1) is 31.8. The van der Waals surface area contributed by atoms with Gasteiger partial charge in [-0.15, -0.1) is 10.2 Å². The summed E-state index contributed by atoms with van der Waals surface area (Å²) in [7, 11) is 1.69. The van der Waals surface area contributed by atoms with Crippen molar-refractivity contribution in [2.75, 3.05) is 26.7 Å². The summed E-state index contributed by atoms with van der Waals surface area (Å²) in [5.74, 6) is -1.12. The number of nitrogens with one attached hydrogen (secondary N) is 2. The quantitative estimate of drug-likeness (QED) is 0.348. The first-order valence-electron chi connectivity index (χ1n) is 14.7. The number of amides is 3. The fourth-order valence-electron chi connectivity index (χ4n) is 5.12. The zero-order valence-electron chi connectivity index (χ0n) is 25.5. The van der Waals surface area contributed by atoms with E-state index in [4.69, 9.17) is 4.42 Å². The molecule has 3 aromatic rings. The van der Waals surface area contributed by atoms with E-state index >= 15 is 0 Å². The van der Waals surface area contributed by atoms with Gasteiger partial charge in [0.2, 0.25) is 17.7 Å². The van der Waals surface area contributed by atoms with E-state index in [1.54, 1.807) is 35.9 Å². The molecule has 1 aliphatic rings. The first-order valence-corrected chi connectivity index (χ1v) is 14.7. The van der Waals surface area contributed by atoms with Crippen molar-refractivity contribution in [2.45, 2.75) is 65.1 Å². The van der Waals surface area contributed by atoms with Crippen LogP contribution in [0.25, 0.3) is 11.5 Å². The maximum atomic E-state index is 14.0. The van der Waals surface area contributed by atoms with E-state index in [2.05, 4.69) is 20.8 Å². The van der Waals surface area contributed by atoms with E-state index in [0.29, 0.717) is 31.5 Å². The van der Waals surface area contributed by atoms with Gasteiger partial charge in [0.1, 0.15) is 11.9 Å². The summed E-state index contributed by atoms with van der Waals surface area (Å²) in [6, 6.07) is 13.9. The van der Waals surface area contributed by atoms with Crippen molar-refractivity contribution in [3.8, 4) is 11.5 Å². The highest BCUT2D eigenvalue weighted by molar-refractivity contribution is 5.91. The highest BCUT2D eigenvalue weighted by Gasteiger charge is 2.41. The van der Waals surface area contributed by atoms with E-state index in [1.165, 1.54) is 12.1 Å². The Balaban J connectivity index is 1.56. The number of carbonyl (C=O) groups excluding carboxylic acids is 3. The second kappa shape index (κ2) is 13.9. The molecule has 2 aromatic carbocycles. The van der Waals surface area contributed by atoms with Crippen LogP contribution in [-0.4, -0.2) is 82.5 Å². The van der Waals surface area contributed by atoms with Crippen molar-refractivity contribution in [1.82, 2.24) is 30.6 Å². The molecule has 230 valence electrons. The van der Waals surface area contributed by atoms with Crippen molar-refractivity contribution in [1.29, 1.82) is 0 Å². The lowest BCUT2D eigenvalue weighted by molar-refractivity contribution is -0.140. The number of benzene rings is 2. The molecule has 1 aliphatic heterocycles. The minimum atomic E-state index is -0.746. The average molecular weight is 593 g/mol. The largest absolute Gasteiger partial charge is 0.412 e. The van der Waals surface area contributed by atoms with Crippen molar-refractivity contribution in [3.05, 3.63) is 71.9 Å². The maximum Gasteiger partial charge on any atom is 0.311 e. The van der Waals surface area contributed by atoms with Gasteiger partial charge in [-0.05, 0) is 68.5 Å². The number of carbonyl (C=O) groups is 3. The highest BCUT2D eigenvalue weighted by Crippen LogP contribution is 2.27. The van der Waals surface area contributed by atoms with Crippen LogP contribution in [0.5, 0.6) is 0 Å². The molecular weight excluding hydrogens is 551 g/mol. The minimum Gasteiger partial charge on any atom is -0.412 e. The van der Waals surface area contributed by atoms with Gasteiger partial charge in [-0.1, -0.05) is 51.1 Å². The molecule has 3 atom stereocenters. The lowest BCUT2D eigenvalue weighted by Gasteiger charge is -2.37. The number of rotatable bonds is 11. The topological polar surface area (TPSA) is 121 Å². The van der Waals surface area contributed by atoms with Crippen LogP contribution in [0.2, 0.25) is 0 Å². The van der Waals surface area contributed by atoms with Gasteiger partial charge in [0.15, 0.2) is 0 Å². The van der Waals surface area contributed by atoms with Gasteiger partial charge in [0.25, 0.3) is 0 Å². The Hall–Kier alpha value is -4.12. The minimum absolute atomic E-state index is 0.144. The predicted octanol–water partition coefficient (Wildman–Crippen LogP) is 3.69. The second-order valence-corrected chi connectivity index (χ2v) is 12.1. The maximum absolute atomic E-state index is 14.0. The number of likely N-dealkylation sites (tertiary alicyclic amines) is 1. The summed E-state index contributed by atoms with van der Waals surface area (Å²) >= 11 is 0. The van der Waals surface area contributed by atoms with Crippen molar-refractivity contribution in [2.24, 2.45) is 5.41 Å². The molecule has 11 heteroatoms. The van der Waals surface area contributed by atoms with E-state index in [0.717, 1.165) is 12.0 Å².